The summed E-state index contributed by atoms with van der Waals surface area (Å²) in [7, 11) is 0. The number of aliphatic hydroxyl groups excluding tert-OH is 1. The van der Waals surface area contributed by atoms with E-state index >= 15 is 0 Å². The van der Waals surface area contributed by atoms with Crippen LogP contribution in [0.4, 0.5) is 0 Å². The van der Waals surface area contributed by atoms with Gasteiger partial charge in [-0.25, -0.2) is 9.67 Å². The van der Waals surface area contributed by atoms with Crippen molar-refractivity contribution < 1.29 is 34.2 Å². The van der Waals surface area contributed by atoms with Crippen molar-refractivity contribution in [2.75, 3.05) is 26.4 Å². The number of ether oxygens (including phenoxy) is 2. The van der Waals surface area contributed by atoms with Crippen LogP contribution in [0.2, 0.25) is 0 Å². The highest BCUT2D eigenvalue weighted by Gasteiger charge is 2.44. The lowest BCUT2D eigenvalue weighted by atomic mass is 9.85. The van der Waals surface area contributed by atoms with Gasteiger partial charge in [0.05, 0.1) is 40.2 Å². The zero-order valence-electron chi connectivity index (χ0n) is 36.7. The number of β-amino-alcohol motifs (C(OH)–C–C–N with tert-alkyl or cyclic N) is 1. The summed E-state index contributed by atoms with van der Waals surface area (Å²) >= 11 is 1.57. The van der Waals surface area contributed by atoms with Gasteiger partial charge in [0.15, 0.2) is 0 Å². The number of nitrogens with zero attached hydrogens (tertiary/aromatic N) is 6. The molecule has 0 spiro atoms. The van der Waals surface area contributed by atoms with Gasteiger partial charge in [0, 0.05) is 54.8 Å². The SMILES string of the molecule is Cc1ncsc1-c1ccc(CNC(=O)C2CC(O)CN2C(=O)[C@@H](NC(=O)COCCOc2ccc(-n3cc(-c4ccc5c(c4)CC/C5=N\O)c(-c4ccncc4)n3)cc2)C(C)(C)C)cc1. The number of pyridine rings is 1. The van der Waals surface area contributed by atoms with E-state index in [2.05, 4.69) is 31.8 Å². The van der Waals surface area contributed by atoms with Crippen LogP contribution >= 0.6 is 11.3 Å². The van der Waals surface area contributed by atoms with Gasteiger partial charge in [-0.3, -0.25) is 19.4 Å². The molecule has 3 amide bonds. The smallest absolute Gasteiger partial charge is 0.246 e. The van der Waals surface area contributed by atoms with Gasteiger partial charge < -0.3 is 35.3 Å². The molecule has 0 bridgehead atoms. The maximum atomic E-state index is 14.0. The molecular formula is C49H52N8O7S. The van der Waals surface area contributed by atoms with Crippen LogP contribution in [0.15, 0.2) is 108 Å². The Morgan fingerprint density at radius 1 is 0.938 bits per heavy atom. The Kier molecular flexibility index (Phi) is 13.5. The summed E-state index contributed by atoms with van der Waals surface area (Å²) in [6.07, 6.45) is 6.20. The molecule has 1 aliphatic heterocycles. The van der Waals surface area contributed by atoms with E-state index in [-0.39, 0.29) is 45.2 Å². The van der Waals surface area contributed by atoms with E-state index in [4.69, 9.17) is 14.6 Å². The van der Waals surface area contributed by atoms with Crippen molar-refractivity contribution in [3.8, 4) is 44.3 Å². The van der Waals surface area contributed by atoms with Gasteiger partial charge in [0.25, 0.3) is 0 Å². The number of carbonyl (C=O) groups excluding carboxylic acids is 3. The molecule has 6 aromatic rings. The number of nitrogens with one attached hydrogen (secondary N) is 2. The summed E-state index contributed by atoms with van der Waals surface area (Å²) in [4.78, 5) is 51.6. The number of hydrogen-bond donors (Lipinski definition) is 4. The third-order valence-electron chi connectivity index (χ3n) is 11.7. The third kappa shape index (κ3) is 10.3. The maximum Gasteiger partial charge on any atom is 0.246 e. The van der Waals surface area contributed by atoms with Gasteiger partial charge in [-0.15, -0.1) is 11.3 Å². The number of oxime groups is 1. The van der Waals surface area contributed by atoms with Crippen LogP contribution in [0.1, 0.15) is 56.0 Å². The first-order valence-electron chi connectivity index (χ1n) is 21.6. The predicted octanol–water partition coefficient (Wildman–Crippen LogP) is 6.36. The monoisotopic (exact) mass is 896 g/mol. The molecule has 4 heterocycles. The number of amides is 3. The molecule has 2 aliphatic rings. The number of aryl methyl sites for hydroxylation is 2. The lowest BCUT2D eigenvalue weighted by molar-refractivity contribution is -0.144. The summed E-state index contributed by atoms with van der Waals surface area (Å²) in [6.45, 7) is 7.67. The highest BCUT2D eigenvalue weighted by Crippen LogP contribution is 2.35. The molecule has 3 aromatic carbocycles. The molecule has 1 saturated heterocycles. The van der Waals surface area contributed by atoms with Gasteiger partial charge in [-0.05, 0) is 83.8 Å². The van der Waals surface area contributed by atoms with Crippen molar-refractivity contribution in [2.24, 2.45) is 10.6 Å². The van der Waals surface area contributed by atoms with Gasteiger partial charge in [-0.2, -0.15) is 5.10 Å². The molecule has 1 fully saturated rings. The second kappa shape index (κ2) is 19.6. The van der Waals surface area contributed by atoms with E-state index < -0.39 is 35.4 Å². The Morgan fingerprint density at radius 2 is 1.69 bits per heavy atom. The highest BCUT2D eigenvalue weighted by molar-refractivity contribution is 7.13. The molecule has 3 atom stereocenters. The van der Waals surface area contributed by atoms with E-state index in [1.807, 2.05) is 117 Å². The number of aliphatic hydroxyl groups is 1. The Bertz CT molecular complexity index is 2680. The third-order valence-corrected chi connectivity index (χ3v) is 12.7. The fourth-order valence-electron chi connectivity index (χ4n) is 8.24. The van der Waals surface area contributed by atoms with Gasteiger partial charge in [0.2, 0.25) is 17.7 Å². The molecule has 0 radical (unpaired) electrons. The molecule has 8 rings (SSSR count). The topological polar surface area (TPSA) is 193 Å². The first kappa shape index (κ1) is 44.8. The van der Waals surface area contributed by atoms with Crippen LogP contribution < -0.4 is 15.4 Å². The summed E-state index contributed by atoms with van der Waals surface area (Å²) in [5.74, 6) is -0.711. The maximum absolute atomic E-state index is 14.0. The summed E-state index contributed by atoms with van der Waals surface area (Å²) in [5, 5.41) is 34.2. The Balaban J connectivity index is 0.827. The van der Waals surface area contributed by atoms with Gasteiger partial charge in [-0.1, -0.05) is 68.4 Å². The molecule has 336 valence electrons. The van der Waals surface area contributed by atoms with Crippen molar-refractivity contribution in [3.05, 3.63) is 125 Å². The number of aromatic nitrogens is 4. The number of carbonyl (C=O) groups is 3. The number of benzene rings is 3. The lowest BCUT2D eigenvalue weighted by Crippen LogP contribution is -2.58. The molecule has 3 aromatic heterocycles. The lowest BCUT2D eigenvalue weighted by Gasteiger charge is -2.35. The van der Waals surface area contributed by atoms with Crippen LogP contribution in [-0.4, -0.2) is 103 Å². The standard InChI is InChI=1S/C49H52N8O7S/c1-30-45(65-29-52-30)33-7-5-31(6-8-33)25-51-47(60)42-24-37(58)26-56(42)48(61)46(49(2,3)4)53-43(59)28-63-21-22-64-38-13-11-36(12-14-38)57-27-40(44(54-57)32-17-19-50-20-18-32)35-9-15-39-34(23-35)10-16-41(39)55-62/h5-9,11-15,17-20,23,27,29,37,42,46,58,62H,10,16,21-22,24-26,28H2,1-4H3,(H,51,60)(H,53,59)/b55-41+/t37?,42?,46-/m1/s1. The van der Waals surface area contributed by atoms with E-state index in [1.165, 1.54) is 4.90 Å². The number of likely N-dealkylation sites (tertiary alicyclic amines) is 1. The Hall–Kier alpha value is -6.75. The van der Waals surface area contributed by atoms with Crippen LogP contribution in [0.3, 0.4) is 0 Å². The predicted molar refractivity (Wildman–Crippen MR) is 247 cm³/mol. The van der Waals surface area contributed by atoms with Crippen LogP contribution in [-0.2, 0) is 32.1 Å². The fraction of sp³-hybridized carbons (Fsp3) is 0.327. The van der Waals surface area contributed by atoms with Crippen LogP contribution in [0.25, 0.3) is 38.5 Å². The molecule has 16 heteroatoms. The van der Waals surface area contributed by atoms with Crippen molar-refractivity contribution in [1.29, 1.82) is 0 Å². The summed E-state index contributed by atoms with van der Waals surface area (Å²) in [5.41, 5.74) is 11.3. The highest BCUT2D eigenvalue weighted by atomic mass is 32.1. The van der Waals surface area contributed by atoms with Crippen LogP contribution in [0.5, 0.6) is 5.75 Å². The fourth-order valence-corrected chi connectivity index (χ4v) is 9.05. The second-order valence-electron chi connectivity index (χ2n) is 17.3. The van der Waals surface area contributed by atoms with Gasteiger partial charge >= 0.3 is 0 Å². The minimum Gasteiger partial charge on any atom is -0.491 e. The molecule has 15 nitrogen and oxygen atoms in total. The number of hydrogen-bond acceptors (Lipinski definition) is 12. The van der Waals surface area contributed by atoms with Crippen molar-refractivity contribution in [3.63, 3.8) is 0 Å². The average molecular weight is 897 g/mol. The largest absolute Gasteiger partial charge is 0.491 e. The zero-order chi connectivity index (χ0) is 45.7. The van der Waals surface area contributed by atoms with E-state index in [0.29, 0.717) is 17.9 Å². The van der Waals surface area contributed by atoms with Crippen molar-refractivity contribution in [1.82, 2.24) is 35.3 Å². The summed E-state index contributed by atoms with van der Waals surface area (Å²) < 4.78 is 13.4. The molecule has 65 heavy (non-hydrogen) atoms. The number of fused-ring (bicyclic) bond motifs is 1. The van der Waals surface area contributed by atoms with E-state index in [0.717, 1.165) is 67.3 Å². The molecule has 1 aliphatic carbocycles. The summed E-state index contributed by atoms with van der Waals surface area (Å²) in [6, 6.07) is 23.5. The number of rotatable bonds is 15. The molecule has 4 N–H and O–H groups in total. The molecule has 2 unspecified atom stereocenters. The Labute approximate surface area is 381 Å². The Morgan fingerprint density at radius 3 is 2.40 bits per heavy atom. The van der Waals surface area contributed by atoms with E-state index in [9.17, 15) is 24.7 Å². The number of thiazole rings is 1. The zero-order valence-corrected chi connectivity index (χ0v) is 37.5. The van der Waals surface area contributed by atoms with Crippen LogP contribution in [0, 0.1) is 12.3 Å². The molecule has 0 saturated carbocycles. The first-order chi connectivity index (χ1) is 31.4. The van der Waals surface area contributed by atoms with Crippen molar-refractivity contribution in [2.45, 2.75) is 71.7 Å². The second-order valence-corrected chi connectivity index (χ2v) is 18.2. The minimum atomic E-state index is -0.980. The molecular weight excluding hydrogens is 845 g/mol. The first-order valence-corrected chi connectivity index (χ1v) is 22.4. The van der Waals surface area contributed by atoms with E-state index in [1.54, 1.807) is 23.7 Å². The normalized spacial score (nSPS) is 16.9. The quantitative estimate of drug-likeness (QED) is 0.0512. The minimum absolute atomic E-state index is 0.0222. The van der Waals surface area contributed by atoms with Gasteiger partial charge in [0.1, 0.15) is 36.7 Å². The average Bonchev–Trinajstić information content (AvgIpc) is 4.13. The van der Waals surface area contributed by atoms with Crippen molar-refractivity contribution >= 4 is 34.8 Å².